The molecule has 0 aromatic carbocycles. The van der Waals surface area contributed by atoms with Gasteiger partial charge in [0.2, 0.25) is 11.9 Å². The topological polar surface area (TPSA) is 159 Å². The molecule has 0 saturated carbocycles. The number of anilines is 4. The van der Waals surface area contributed by atoms with Crippen LogP contribution in [0, 0.1) is 11.3 Å². The lowest BCUT2D eigenvalue weighted by Gasteiger charge is -2.48. The molecule has 3 saturated heterocycles. The molecule has 4 aliphatic rings. The first kappa shape index (κ1) is 25.6. The summed E-state index contributed by atoms with van der Waals surface area (Å²) in [7, 11) is 1.86. The molecule has 2 atom stereocenters. The second-order valence-corrected chi connectivity index (χ2v) is 13.1. The minimum atomic E-state index is -0.838. The van der Waals surface area contributed by atoms with Crippen molar-refractivity contribution < 1.29 is 9.13 Å². The molecule has 3 aliphatic heterocycles. The van der Waals surface area contributed by atoms with Gasteiger partial charge in [-0.15, -0.1) is 11.3 Å². The molecule has 3 fully saturated rings. The Balaban J connectivity index is 1.16. The van der Waals surface area contributed by atoms with Crippen LogP contribution < -0.4 is 26.0 Å². The van der Waals surface area contributed by atoms with Crippen molar-refractivity contribution in [1.82, 2.24) is 28.6 Å². The molecule has 3 aromatic heterocycles. The number of hydrogen-bond donors (Lipinski definition) is 2. The Kier molecular flexibility index (Phi) is 5.99. The van der Waals surface area contributed by atoms with Gasteiger partial charge < -0.3 is 26.0 Å². The minimum Gasteiger partial charge on any atom is -0.461 e. The fraction of sp³-hybridized carbons (Fsp3) is 0.600. The number of halogens is 1. The molecule has 40 heavy (non-hydrogen) atoms. The van der Waals surface area contributed by atoms with Crippen molar-refractivity contribution in [3.05, 3.63) is 21.7 Å². The molecule has 12 nitrogen and oxygen atoms in total. The van der Waals surface area contributed by atoms with E-state index in [1.807, 2.05) is 11.9 Å². The molecule has 3 aromatic rings. The normalized spacial score (nSPS) is 24.6. The minimum absolute atomic E-state index is 0.127. The van der Waals surface area contributed by atoms with E-state index in [0.29, 0.717) is 73.2 Å². The summed E-state index contributed by atoms with van der Waals surface area (Å²) in [6.07, 6.45) is 3.46. The maximum Gasteiger partial charge on any atom is 0.323 e. The van der Waals surface area contributed by atoms with Crippen LogP contribution in [0.25, 0.3) is 0 Å². The quantitative estimate of drug-likeness (QED) is 0.418. The van der Waals surface area contributed by atoms with E-state index >= 15 is 0 Å². The number of alkyl halides is 1. The average molecular weight is 584 g/mol. The highest BCUT2D eigenvalue weighted by atomic mass is 32.1. The number of rotatable bonds is 7. The third kappa shape index (κ3) is 4.03. The van der Waals surface area contributed by atoms with Gasteiger partial charge in [0.05, 0.1) is 29.4 Å². The van der Waals surface area contributed by atoms with E-state index in [-0.39, 0.29) is 17.0 Å². The van der Waals surface area contributed by atoms with E-state index in [1.165, 1.54) is 16.2 Å². The fourth-order valence-electron chi connectivity index (χ4n) is 6.94. The number of nitrogens with zero attached hydrogens (tertiary/aromatic N) is 9. The lowest BCUT2D eigenvalue weighted by molar-refractivity contribution is 0.107. The van der Waals surface area contributed by atoms with Crippen molar-refractivity contribution >= 4 is 45.8 Å². The molecular formula is C25H30FN11OS2. The molecule has 15 heteroatoms. The van der Waals surface area contributed by atoms with E-state index in [9.17, 15) is 9.65 Å². The van der Waals surface area contributed by atoms with Crippen molar-refractivity contribution in [3.63, 3.8) is 0 Å². The third-order valence-corrected chi connectivity index (χ3v) is 10.5. The number of ether oxygens (including phenoxy) is 1. The van der Waals surface area contributed by atoms with Crippen LogP contribution in [0.2, 0.25) is 0 Å². The van der Waals surface area contributed by atoms with Crippen molar-refractivity contribution in [2.24, 2.45) is 0 Å². The van der Waals surface area contributed by atoms with Gasteiger partial charge in [-0.2, -0.15) is 29.0 Å². The Morgan fingerprint density at radius 2 is 2.08 bits per heavy atom. The van der Waals surface area contributed by atoms with Gasteiger partial charge in [-0.1, -0.05) is 0 Å². The zero-order valence-electron chi connectivity index (χ0n) is 22.1. The summed E-state index contributed by atoms with van der Waals surface area (Å²) >= 11 is 2.60. The predicted octanol–water partition coefficient (Wildman–Crippen LogP) is 2.12. The first-order chi connectivity index (χ1) is 19.3. The van der Waals surface area contributed by atoms with Crippen molar-refractivity contribution in [1.29, 1.82) is 5.26 Å². The molecule has 7 rings (SSSR count). The molecule has 1 aliphatic carbocycles. The van der Waals surface area contributed by atoms with E-state index in [0.717, 1.165) is 49.5 Å². The molecule has 6 heterocycles. The molecule has 0 bridgehead atoms. The summed E-state index contributed by atoms with van der Waals surface area (Å²) in [6.45, 7) is 3.41. The first-order valence-corrected chi connectivity index (χ1v) is 15.0. The highest BCUT2D eigenvalue weighted by Crippen LogP contribution is 2.52. The average Bonchev–Trinajstić information content (AvgIpc) is 3.70. The van der Waals surface area contributed by atoms with Crippen LogP contribution in [0.15, 0.2) is 0 Å². The summed E-state index contributed by atoms with van der Waals surface area (Å²) in [5.41, 5.74) is 14.1. The summed E-state index contributed by atoms with van der Waals surface area (Å²) in [5, 5.41) is 10.4. The number of fused-ring (bicyclic) bond motifs is 3. The van der Waals surface area contributed by atoms with E-state index < -0.39 is 6.17 Å². The second-order valence-electron chi connectivity index (χ2n) is 11.4. The monoisotopic (exact) mass is 583 g/mol. The number of nitriles is 1. The Labute approximate surface area is 239 Å². The lowest BCUT2D eigenvalue weighted by atomic mass is 9.74. The van der Waals surface area contributed by atoms with Crippen LogP contribution in [-0.4, -0.2) is 80.1 Å². The molecule has 210 valence electrons. The second kappa shape index (κ2) is 9.35. The van der Waals surface area contributed by atoms with Crippen molar-refractivity contribution in [2.45, 2.75) is 55.8 Å². The zero-order chi connectivity index (χ0) is 27.6. The SMILES string of the molecule is CN(Cc1nsnc1N)c1nc(OC[C@@]23CCCN2C[C@H](F)C3)nc(N2CC3(CCc4sc(N)c(C#N)c43)C2)n1. The summed E-state index contributed by atoms with van der Waals surface area (Å²) in [4.78, 5) is 21.5. The van der Waals surface area contributed by atoms with Gasteiger partial charge in [0.1, 0.15) is 29.5 Å². The van der Waals surface area contributed by atoms with Crippen molar-refractivity contribution in [3.8, 4) is 12.1 Å². The van der Waals surface area contributed by atoms with Gasteiger partial charge in [0, 0.05) is 43.4 Å². The van der Waals surface area contributed by atoms with Crippen molar-refractivity contribution in [2.75, 3.05) is 61.1 Å². The number of nitrogen functional groups attached to an aromatic ring is 2. The first-order valence-electron chi connectivity index (χ1n) is 13.4. The van der Waals surface area contributed by atoms with Gasteiger partial charge in [-0.3, -0.25) is 4.90 Å². The van der Waals surface area contributed by atoms with Crippen LogP contribution in [0.1, 0.15) is 47.4 Å². The molecule has 0 amide bonds. The van der Waals surface area contributed by atoms with Gasteiger partial charge >= 0.3 is 6.01 Å². The maximum absolute atomic E-state index is 14.3. The predicted molar refractivity (Wildman–Crippen MR) is 150 cm³/mol. The highest BCUT2D eigenvalue weighted by Gasteiger charge is 2.52. The zero-order valence-corrected chi connectivity index (χ0v) is 23.8. The molecule has 0 unspecified atom stereocenters. The molecular weight excluding hydrogens is 553 g/mol. The number of hydrogen-bond acceptors (Lipinski definition) is 14. The van der Waals surface area contributed by atoms with Crippen LogP contribution >= 0.6 is 23.1 Å². The van der Waals surface area contributed by atoms with Gasteiger partial charge in [0.15, 0.2) is 5.82 Å². The lowest BCUT2D eigenvalue weighted by Crippen LogP contribution is -2.59. The Morgan fingerprint density at radius 1 is 1.23 bits per heavy atom. The van der Waals surface area contributed by atoms with Gasteiger partial charge in [-0.05, 0) is 37.8 Å². The van der Waals surface area contributed by atoms with Gasteiger partial charge in [0.25, 0.3) is 0 Å². The van der Waals surface area contributed by atoms with Crippen LogP contribution in [-0.2, 0) is 18.4 Å². The highest BCUT2D eigenvalue weighted by molar-refractivity contribution is 7.16. The number of nitrogens with two attached hydrogens (primary N) is 2. The van der Waals surface area contributed by atoms with E-state index in [1.54, 1.807) is 0 Å². The molecule has 0 radical (unpaired) electrons. The summed E-state index contributed by atoms with van der Waals surface area (Å²) in [5.74, 6) is 1.32. The van der Waals surface area contributed by atoms with E-state index in [2.05, 4.69) is 29.6 Å². The Bertz CT molecular complexity index is 1500. The van der Waals surface area contributed by atoms with Gasteiger partial charge in [-0.25, -0.2) is 4.39 Å². The van der Waals surface area contributed by atoms with Crippen LogP contribution in [0.5, 0.6) is 6.01 Å². The standard InChI is InChI=1S/C25H30FN11OS2/c1-35(10-16-19(28)34-40-33-16)21-30-22(32-23(31-21)38-13-25-4-2-6-37(25)9-14(26)7-25)36-11-24(12-36)5-3-17-18(24)15(8-27)20(29)39-17/h14H,2-7,9-13,29H2,1H3,(H2,28,34)/t14-,25+/m1/s1. The maximum atomic E-state index is 14.3. The molecule has 1 spiro atoms. The number of aryl methyl sites for hydroxylation is 1. The fourth-order valence-corrected chi connectivity index (χ4v) is 8.57. The van der Waals surface area contributed by atoms with E-state index in [4.69, 9.17) is 26.2 Å². The summed E-state index contributed by atoms with van der Waals surface area (Å²) < 4.78 is 28.9. The smallest absolute Gasteiger partial charge is 0.323 e. The number of aromatic nitrogens is 5. The van der Waals surface area contributed by atoms with Crippen LogP contribution in [0.4, 0.5) is 27.1 Å². The Morgan fingerprint density at radius 3 is 2.85 bits per heavy atom. The number of thiophene rings is 1. The molecule has 4 N–H and O–H groups in total. The Hall–Kier alpha value is -3.35. The van der Waals surface area contributed by atoms with Crippen LogP contribution in [0.3, 0.4) is 0 Å². The third-order valence-electron chi connectivity index (χ3n) is 8.89. The summed E-state index contributed by atoms with van der Waals surface area (Å²) in [6, 6.07) is 2.54. The largest absolute Gasteiger partial charge is 0.461 e.